The van der Waals surface area contributed by atoms with Gasteiger partial charge in [-0.2, -0.15) is 0 Å². The predicted molar refractivity (Wildman–Crippen MR) is 125 cm³/mol. The van der Waals surface area contributed by atoms with Gasteiger partial charge in [-0.15, -0.1) is 0 Å². The van der Waals surface area contributed by atoms with Crippen molar-refractivity contribution in [2.24, 2.45) is 4.99 Å². The molecule has 0 spiro atoms. The van der Waals surface area contributed by atoms with Gasteiger partial charge in [0.2, 0.25) is 5.95 Å². The van der Waals surface area contributed by atoms with E-state index in [2.05, 4.69) is 20.3 Å². The molecule has 0 bridgehead atoms. The molecule has 2 aliphatic rings. The molecule has 0 saturated carbocycles. The molecular weight excluding hydrogens is 453 g/mol. The van der Waals surface area contributed by atoms with Crippen LogP contribution in [0.4, 0.5) is 11.6 Å². The molecule has 1 fully saturated rings. The molecule has 1 aromatic heterocycles. The summed E-state index contributed by atoms with van der Waals surface area (Å²) in [6, 6.07) is 3.44. The Kier molecular flexibility index (Phi) is 6.15. The normalized spacial score (nSPS) is 21.7. The van der Waals surface area contributed by atoms with Gasteiger partial charge in [-0.25, -0.2) is 15.0 Å². The molecule has 1 amide bonds. The largest absolute Gasteiger partial charge is 0.389 e. The number of carbonyl (C=O) groups is 1. The van der Waals surface area contributed by atoms with Gasteiger partial charge in [-0.1, -0.05) is 23.2 Å². The second-order valence-corrected chi connectivity index (χ2v) is 9.53. The summed E-state index contributed by atoms with van der Waals surface area (Å²) in [5, 5.41) is 14.1. The van der Waals surface area contributed by atoms with E-state index in [1.165, 1.54) is 11.1 Å². The fourth-order valence-electron chi connectivity index (χ4n) is 3.93. The monoisotopic (exact) mass is 477 g/mol. The van der Waals surface area contributed by atoms with Crippen molar-refractivity contribution in [3.05, 3.63) is 33.9 Å². The van der Waals surface area contributed by atoms with Gasteiger partial charge in [0.25, 0.3) is 5.91 Å². The third-order valence-corrected chi connectivity index (χ3v) is 6.38. The SMILES string of the molecule is CN(C)C(=O)C1=Nc2c(Cl)cc(-c3nc(N[C@@H]4CCOC[C@H]4O)ncc3Cl)cc2C1(C)C. The number of hydrogen-bond acceptors (Lipinski definition) is 7. The van der Waals surface area contributed by atoms with Crippen LogP contribution in [0.3, 0.4) is 0 Å². The van der Waals surface area contributed by atoms with E-state index in [4.69, 9.17) is 27.9 Å². The van der Waals surface area contributed by atoms with Crippen molar-refractivity contribution < 1.29 is 14.6 Å². The van der Waals surface area contributed by atoms with E-state index >= 15 is 0 Å². The molecule has 0 unspecified atom stereocenters. The summed E-state index contributed by atoms with van der Waals surface area (Å²) in [5.41, 5.74) is 2.40. The zero-order valence-corrected chi connectivity index (χ0v) is 19.8. The Morgan fingerprint density at radius 2 is 2.03 bits per heavy atom. The number of fused-ring (bicyclic) bond motifs is 1. The lowest BCUT2D eigenvalue weighted by Crippen LogP contribution is -2.42. The van der Waals surface area contributed by atoms with Crippen molar-refractivity contribution in [3.8, 4) is 11.3 Å². The molecule has 10 heteroatoms. The van der Waals surface area contributed by atoms with Crippen molar-refractivity contribution in [1.29, 1.82) is 0 Å². The minimum absolute atomic E-state index is 0.162. The van der Waals surface area contributed by atoms with Crippen LogP contribution in [-0.4, -0.2) is 71.0 Å². The average molecular weight is 478 g/mol. The molecule has 2 atom stereocenters. The van der Waals surface area contributed by atoms with Crippen LogP contribution in [0, 0.1) is 0 Å². The Morgan fingerprint density at radius 3 is 2.72 bits per heavy atom. The van der Waals surface area contributed by atoms with Crippen molar-refractivity contribution in [2.75, 3.05) is 32.6 Å². The number of hydrogen-bond donors (Lipinski definition) is 2. The number of anilines is 1. The molecule has 0 radical (unpaired) electrons. The second kappa shape index (κ2) is 8.59. The highest BCUT2D eigenvalue weighted by molar-refractivity contribution is 6.45. The Bertz CT molecular complexity index is 1100. The summed E-state index contributed by atoms with van der Waals surface area (Å²) >= 11 is 13.0. The molecule has 1 saturated heterocycles. The molecule has 2 N–H and O–H groups in total. The maximum absolute atomic E-state index is 12.7. The summed E-state index contributed by atoms with van der Waals surface area (Å²) in [5.74, 6) is 0.191. The third-order valence-electron chi connectivity index (χ3n) is 5.82. The number of ether oxygens (including phenoxy) is 1. The number of rotatable bonds is 4. The van der Waals surface area contributed by atoms with E-state index in [0.29, 0.717) is 51.7 Å². The topological polar surface area (TPSA) is 99.9 Å². The number of nitrogens with one attached hydrogen (secondary N) is 1. The zero-order valence-electron chi connectivity index (χ0n) is 18.3. The molecule has 32 heavy (non-hydrogen) atoms. The van der Waals surface area contributed by atoms with Crippen LogP contribution in [0.25, 0.3) is 11.3 Å². The van der Waals surface area contributed by atoms with Crippen LogP contribution in [0.2, 0.25) is 10.0 Å². The number of benzene rings is 1. The number of halogens is 2. The number of aromatic nitrogens is 2. The lowest BCUT2D eigenvalue weighted by molar-refractivity contribution is -0.122. The summed E-state index contributed by atoms with van der Waals surface area (Å²) in [7, 11) is 3.39. The van der Waals surface area contributed by atoms with Crippen LogP contribution in [0.5, 0.6) is 0 Å². The maximum atomic E-state index is 12.7. The third kappa shape index (κ3) is 4.08. The van der Waals surface area contributed by atoms with Crippen LogP contribution in [-0.2, 0) is 14.9 Å². The van der Waals surface area contributed by atoms with Gasteiger partial charge in [0.1, 0.15) is 5.71 Å². The fourth-order valence-corrected chi connectivity index (χ4v) is 4.39. The van der Waals surface area contributed by atoms with Crippen LogP contribution in [0.15, 0.2) is 23.3 Å². The Hall–Kier alpha value is -2.26. The van der Waals surface area contributed by atoms with Gasteiger partial charge in [0, 0.05) is 31.7 Å². The number of nitrogens with zero attached hydrogens (tertiary/aromatic N) is 4. The van der Waals surface area contributed by atoms with Crippen molar-refractivity contribution in [1.82, 2.24) is 14.9 Å². The first-order valence-corrected chi connectivity index (χ1v) is 11.0. The van der Waals surface area contributed by atoms with Crippen molar-refractivity contribution in [3.63, 3.8) is 0 Å². The van der Waals surface area contributed by atoms with Gasteiger partial charge in [0.05, 0.1) is 46.4 Å². The molecule has 1 aromatic carbocycles. The number of amides is 1. The molecule has 0 aliphatic carbocycles. The van der Waals surface area contributed by atoms with E-state index < -0.39 is 11.5 Å². The lowest BCUT2D eigenvalue weighted by Gasteiger charge is -2.28. The Balaban J connectivity index is 1.71. The second-order valence-electron chi connectivity index (χ2n) is 8.71. The van der Waals surface area contributed by atoms with Gasteiger partial charge in [-0.3, -0.25) is 4.79 Å². The van der Waals surface area contributed by atoms with E-state index in [1.807, 2.05) is 19.9 Å². The summed E-state index contributed by atoms with van der Waals surface area (Å²) in [4.78, 5) is 27.6. The standard InChI is InChI=1S/C22H25Cl2N5O3/c1-22(2)12-7-11(8-13(23)18(12)27-19(22)20(31)29(3)4)17-14(24)9-25-21(28-17)26-15-5-6-32-10-16(15)30/h7-9,15-16,30H,5-6,10H2,1-4H3,(H,25,26,28)/t15-,16-/m1/s1. The predicted octanol–water partition coefficient (Wildman–Crippen LogP) is 3.46. The van der Waals surface area contributed by atoms with Crippen LogP contribution < -0.4 is 5.32 Å². The van der Waals surface area contributed by atoms with Gasteiger partial charge < -0.3 is 20.1 Å². The molecular formula is C22H25Cl2N5O3. The molecule has 2 aliphatic heterocycles. The zero-order chi connectivity index (χ0) is 23.2. The molecule has 170 valence electrons. The average Bonchev–Trinajstić information content (AvgIpc) is 3.01. The smallest absolute Gasteiger partial charge is 0.268 e. The molecule has 2 aromatic rings. The minimum Gasteiger partial charge on any atom is -0.389 e. The first kappa shape index (κ1) is 22.9. The highest BCUT2D eigenvalue weighted by Crippen LogP contribution is 2.47. The number of aliphatic hydroxyl groups is 1. The van der Waals surface area contributed by atoms with Crippen LogP contribution in [0.1, 0.15) is 25.8 Å². The quantitative estimate of drug-likeness (QED) is 0.698. The Labute approximate surface area is 196 Å². The van der Waals surface area contributed by atoms with Crippen molar-refractivity contribution in [2.45, 2.75) is 37.8 Å². The lowest BCUT2D eigenvalue weighted by atomic mass is 9.80. The van der Waals surface area contributed by atoms with Gasteiger partial charge >= 0.3 is 0 Å². The number of aliphatic hydroxyl groups excluding tert-OH is 1. The fraction of sp³-hybridized carbons (Fsp3) is 0.455. The Morgan fingerprint density at radius 1 is 1.28 bits per heavy atom. The summed E-state index contributed by atoms with van der Waals surface area (Å²) in [6.45, 7) is 4.71. The number of carbonyl (C=O) groups excluding carboxylic acids is 1. The van der Waals surface area contributed by atoms with E-state index in [-0.39, 0.29) is 18.6 Å². The first-order valence-electron chi connectivity index (χ1n) is 10.3. The van der Waals surface area contributed by atoms with Gasteiger partial charge in [0.15, 0.2) is 0 Å². The summed E-state index contributed by atoms with van der Waals surface area (Å²) < 4.78 is 5.27. The van der Waals surface area contributed by atoms with E-state index in [0.717, 1.165) is 5.56 Å². The minimum atomic E-state index is -0.647. The number of aliphatic imine (C=N–C) groups is 1. The molecule has 4 rings (SSSR count). The van der Waals surface area contributed by atoms with Crippen molar-refractivity contribution >= 4 is 46.5 Å². The van der Waals surface area contributed by atoms with Crippen LogP contribution >= 0.6 is 23.2 Å². The first-order chi connectivity index (χ1) is 15.1. The van der Waals surface area contributed by atoms with E-state index in [1.54, 1.807) is 20.2 Å². The molecule has 8 nitrogen and oxygen atoms in total. The highest BCUT2D eigenvalue weighted by atomic mass is 35.5. The van der Waals surface area contributed by atoms with Gasteiger partial charge in [-0.05, 0) is 38.0 Å². The molecule has 3 heterocycles. The maximum Gasteiger partial charge on any atom is 0.268 e. The summed E-state index contributed by atoms with van der Waals surface area (Å²) in [6.07, 6.45) is 1.51. The highest BCUT2D eigenvalue weighted by Gasteiger charge is 2.41. The van der Waals surface area contributed by atoms with E-state index in [9.17, 15) is 9.90 Å².